The van der Waals surface area contributed by atoms with E-state index in [1.807, 2.05) is 12.2 Å². The number of aliphatic hydroxyl groups excluding tert-OH is 2. The van der Waals surface area contributed by atoms with Crippen molar-refractivity contribution < 1.29 is 75.8 Å². The molecule has 0 aliphatic carbocycles. The molecule has 0 aromatic heterocycles. The van der Waals surface area contributed by atoms with E-state index in [4.69, 9.17) is 32.3 Å². The van der Waals surface area contributed by atoms with Crippen LogP contribution in [0, 0.1) is 0 Å². The van der Waals surface area contributed by atoms with Gasteiger partial charge >= 0.3 is 33.6 Å². The van der Waals surface area contributed by atoms with Gasteiger partial charge in [0.2, 0.25) is 0 Å². The standard InChI is InChI=1S/C77H128O16P2/c1-4-7-10-13-16-19-22-25-28-30-31-32-33-34-35-36-37-38-39-41-44-45-48-51-54-57-60-63-75(80)87-66-72(78)67-89-94(83,84)90-68-73(79)69-91-95(85,86)92-71-74(93-77(82)65-62-59-56-53-50-47-42-27-24-21-18-15-12-9-6-3)70-88-76(81)64-61-58-55-52-49-46-43-40-29-26-23-20-17-14-11-8-5-2/h7-8,10-11,16-21,25-29,31-32,34-35,42-43,46,52,55,72-74,78-79H,4-6,9,12-15,22-24,30,33,36-41,44-45,47-51,53-54,56-71H2,1-3H3,(H,83,84)(H,85,86)/b10-7-,11-8-,19-16-,20-17-,21-18-,28-25-,29-26-,32-31-,35-34-,42-27-,46-43-,55-52-. The number of aliphatic hydroxyl groups is 2. The maximum Gasteiger partial charge on any atom is 0.472 e. The summed E-state index contributed by atoms with van der Waals surface area (Å²) in [5.74, 6) is -1.67. The fourth-order valence-corrected chi connectivity index (χ4v) is 10.7. The molecule has 0 bridgehead atoms. The van der Waals surface area contributed by atoms with E-state index >= 15 is 0 Å². The van der Waals surface area contributed by atoms with Crippen LogP contribution in [-0.4, -0.2) is 95.9 Å². The van der Waals surface area contributed by atoms with Crippen LogP contribution in [0.4, 0.5) is 0 Å². The fraction of sp³-hybridized carbons (Fsp3) is 0.649. The molecule has 5 unspecified atom stereocenters. The lowest BCUT2D eigenvalue weighted by atomic mass is 10.0. The molecule has 542 valence electrons. The number of carbonyl (C=O) groups is 3. The van der Waals surface area contributed by atoms with Crippen molar-refractivity contribution >= 4 is 33.6 Å². The SMILES string of the molecule is CC/C=C\C/C=C\C/C=C\C/C=C\C/C=C\CCCCCCCCCCCCCC(=O)OCC(O)COP(=O)(O)OCC(O)COP(=O)(O)OCC(COC(=O)CCC/C=C\C/C=C\C/C=C\C/C=C\C/C=C\CC)OC(=O)CCCCCCC/C=C\C/C=C\CCCCC. The van der Waals surface area contributed by atoms with Gasteiger partial charge in [-0.05, 0) is 135 Å². The highest BCUT2D eigenvalue weighted by Gasteiger charge is 2.29. The molecule has 4 N–H and O–H groups in total. The Labute approximate surface area is 575 Å². The summed E-state index contributed by atoms with van der Waals surface area (Å²) in [7, 11) is -9.81. The molecule has 0 saturated carbocycles. The fourth-order valence-electron chi connectivity index (χ4n) is 9.07. The molecule has 0 amide bonds. The highest BCUT2D eigenvalue weighted by atomic mass is 31.2. The Morgan fingerprint density at radius 2 is 0.568 bits per heavy atom. The third-order valence-corrected chi connectivity index (χ3v) is 16.4. The lowest BCUT2D eigenvalue weighted by Crippen LogP contribution is -2.30. The maximum absolute atomic E-state index is 12.9. The highest BCUT2D eigenvalue weighted by Crippen LogP contribution is 2.45. The Morgan fingerprint density at radius 1 is 0.305 bits per heavy atom. The summed E-state index contributed by atoms with van der Waals surface area (Å²) in [4.78, 5) is 58.4. The summed E-state index contributed by atoms with van der Waals surface area (Å²) in [5, 5.41) is 20.6. The first-order chi connectivity index (χ1) is 46.2. The predicted octanol–water partition coefficient (Wildman–Crippen LogP) is 20.5. The van der Waals surface area contributed by atoms with Crippen LogP contribution in [0.25, 0.3) is 0 Å². The van der Waals surface area contributed by atoms with Crippen LogP contribution in [0.2, 0.25) is 0 Å². The molecule has 0 aliphatic rings. The minimum Gasteiger partial charge on any atom is -0.463 e. The lowest BCUT2D eigenvalue weighted by Gasteiger charge is -2.21. The lowest BCUT2D eigenvalue weighted by molar-refractivity contribution is -0.161. The van der Waals surface area contributed by atoms with Gasteiger partial charge in [0, 0.05) is 19.3 Å². The van der Waals surface area contributed by atoms with E-state index in [-0.39, 0.29) is 19.3 Å². The van der Waals surface area contributed by atoms with Gasteiger partial charge in [-0.15, -0.1) is 0 Å². The molecule has 5 atom stereocenters. The third kappa shape index (κ3) is 70.6. The molecule has 95 heavy (non-hydrogen) atoms. The summed E-state index contributed by atoms with van der Waals surface area (Å²) >= 11 is 0. The summed E-state index contributed by atoms with van der Waals surface area (Å²) in [6.07, 6.45) is 83.4. The van der Waals surface area contributed by atoms with E-state index in [0.29, 0.717) is 25.7 Å². The zero-order valence-corrected chi connectivity index (χ0v) is 60.6. The van der Waals surface area contributed by atoms with Gasteiger partial charge in [0.25, 0.3) is 0 Å². The Morgan fingerprint density at radius 3 is 0.926 bits per heavy atom. The molecule has 0 heterocycles. The van der Waals surface area contributed by atoms with E-state index in [1.165, 1.54) is 64.2 Å². The van der Waals surface area contributed by atoms with Gasteiger partial charge in [-0.2, -0.15) is 0 Å². The van der Waals surface area contributed by atoms with E-state index in [9.17, 15) is 43.5 Å². The molecule has 0 radical (unpaired) electrons. The van der Waals surface area contributed by atoms with Crippen molar-refractivity contribution in [3.63, 3.8) is 0 Å². The number of phosphoric ester groups is 2. The van der Waals surface area contributed by atoms with Gasteiger partial charge in [0.05, 0.1) is 26.4 Å². The van der Waals surface area contributed by atoms with Crippen molar-refractivity contribution in [1.82, 2.24) is 0 Å². The van der Waals surface area contributed by atoms with E-state index < -0.39 is 91.5 Å². The van der Waals surface area contributed by atoms with Crippen LogP contribution < -0.4 is 0 Å². The van der Waals surface area contributed by atoms with Crippen molar-refractivity contribution in [2.45, 2.75) is 283 Å². The number of hydrogen-bond acceptors (Lipinski definition) is 14. The molecule has 0 aromatic carbocycles. The van der Waals surface area contributed by atoms with Crippen LogP contribution in [0.3, 0.4) is 0 Å². The van der Waals surface area contributed by atoms with Crippen molar-refractivity contribution in [3.8, 4) is 0 Å². The number of allylic oxidation sites excluding steroid dienone is 24. The average Bonchev–Trinajstić information content (AvgIpc) is 2.05. The number of ether oxygens (including phenoxy) is 3. The van der Waals surface area contributed by atoms with Crippen molar-refractivity contribution in [2.75, 3.05) is 39.6 Å². The molecular formula is C77H128O16P2. The molecular weight excluding hydrogens is 1240 g/mol. The number of rotatable bonds is 67. The molecule has 0 saturated heterocycles. The number of phosphoric acid groups is 2. The molecule has 18 heteroatoms. The molecule has 0 fully saturated rings. The highest BCUT2D eigenvalue weighted by molar-refractivity contribution is 7.47. The minimum absolute atomic E-state index is 0.0724. The Balaban J connectivity index is 4.60. The summed E-state index contributed by atoms with van der Waals surface area (Å²) in [6.45, 7) is 2.32. The van der Waals surface area contributed by atoms with E-state index in [1.54, 1.807) is 0 Å². The van der Waals surface area contributed by atoms with Gasteiger partial charge in [0.15, 0.2) is 6.10 Å². The second-order valence-corrected chi connectivity index (χ2v) is 26.5. The summed E-state index contributed by atoms with van der Waals surface area (Å²) in [6, 6.07) is 0. The van der Waals surface area contributed by atoms with Gasteiger partial charge in [-0.1, -0.05) is 256 Å². The average molecular weight is 1370 g/mol. The number of carbonyl (C=O) groups excluding carboxylic acids is 3. The van der Waals surface area contributed by atoms with Gasteiger partial charge < -0.3 is 34.2 Å². The second-order valence-electron chi connectivity index (χ2n) is 23.6. The van der Waals surface area contributed by atoms with Crippen LogP contribution in [0.5, 0.6) is 0 Å². The van der Waals surface area contributed by atoms with Gasteiger partial charge in [0.1, 0.15) is 25.4 Å². The first-order valence-electron chi connectivity index (χ1n) is 36.1. The zero-order chi connectivity index (χ0) is 69.5. The first kappa shape index (κ1) is 90.4. The summed E-state index contributed by atoms with van der Waals surface area (Å²) in [5.41, 5.74) is 0. The Bertz CT molecular complexity index is 2310. The van der Waals surface area contributed by atoms with Crippen molar-refractivity contribution in [1.29, 1.82) is 0 Å². The molecule has 0 aliphatic heterocycles. The second kappa shape index (κ2) is 69.3. The third-order valence-electron chi connectivity index (χ3n) is 14.5. The van der Waals surface area contributed by atoms with Crippen LogP contribution in [0.15, 0.2) is 146 Å². The van der Waals surface area contributed by atoms with Crippen LogP contribution in [0.1, 0.15) is 265 Å². The maximum atomic E-state index is 12.9. The Kier molecular flexibility index (Phi) is 66.0. The number of hydrogen-bond donors (Lipinski definition) is 4. The molecule has 0 spiro atoms. The first-order valence-corrected chi connectivity index (χ1v) is 39.1. The van der Waals surface area contributed by atoms with Crippen molar-refractivity contribution in [2.24, 2.45) is 0 Å². The summed E-state index contributed by atoms with van der Waals surface area (Å²) < 4.78 is 60.9. The zero-order valence-electron chi connectivity index (χ0n) is 58.8. The Hall–Kier alpha value is -4.57. The van der Waals surface area contributed by atoms with Crippen LogP contribution >= 0.6 is 15.6 Å². The predicted molar refractivity (Wildman–Crippen MR) is 389 cm³/mol. The number of unbranched alkanes of at least 4 members (excludes halogenated alkanes) is 20. The number of esters is 3. The van der Waals surface area contributed by atoms with Gasteiger partial charge in [-0.25, -0.2) is 9.13 Å². The van der Waals surface area contributed by atoms with Crippen molar-refractivity contribution in [3.05, 3.63) is 146 Å². The molecule has 0 aromatic rings. The van der Waals surface area contributed by atoms with E-state index in [2.05, 4.69) is 154 Å². The normalized spacial score (nSPS) is 15.0. The van der Waals surface area contributed by atoms with Gasteiger partial charge in [-0.3, -0.25) is 32.5 Å². The smallest absolute Gasteiger partial charge is 0.463 e. The largest absolute Gasteiger partial charge is 0.472 e. The monoisotopic (exact) mass is 1370 g/mol. The molecule has 16 nitrogen and oxygen atoms in total. The topological polar surface area (TPSA) is 231 Å². The quantitative estimate of drug-likeness (QED) is 0.0146. The van der Waals surface area contributed by atoms with Crippen LogP contribution in [-0.2, 0) is 55.8 Å². The minimum atomic E-state index is -4.95. The molecule has 0 rings (SSSR count). The van der Waals surface area contributed by atoms with E-state index in [0.717, 1.165) is 135 Å².